The molecule has 19 heavy (non-hydrogen) atoms. The molecule has 3 rings (SSSR count). The first-order valence-corrected chi connectivity index (χ1v) is 6.98. The number of rotatable bonds is 2. The first kappa shape index (κ1) is 12.4. The lowest BCUT2D eigenvalue weighted by atomic mass is 9.82. The number of fused-ring (bicyclic) bond motifs is 2. The maximum Gasteiger partial charge on any atom is 0.224 e. The molecule has 2 bridgehead atoms. The summed E-state index contributed by atoms with van der Waals surface area (Å²) in [7, 11) is 2.25. The molecule has 2 fully saturated rings. The fourth-order valence-corrected chi connectivity index (χ4v) is 3.41. The number of hydrogen-bond donors (Lipinski definition) is 1. The Morgan fingerprint density at radius 3 is 2.79 bits per heavy atom. The van der Waals surface area contributed by atoms with Crippen molar-refractivity contribution in [1.29, 1.82) is 5.26 Å². The molecule has 0 aliphatic carbocycles. The summed E-state index contributed by atoms with van der Waals surface area (Å²) >= 11 is 0. The van der Waals surface area contributed by atoms with Crippen LogP contribution < -0.4 is 5.32 Å². The number of nitriles is 1. The molecule has 0 amide bonds. The lowest BCUT2D eigenvalue weighted by Gasteiger charge is -2.47. The monoisotopic (exact) mass is 257 g/mol. The average Bonchev–Trinajstić information content (AvgIpc) is 2.40. The molecule has 1 N–H and O–H groups in total. The summed E-state index contributed by atoms with van der Waals surface area (Å²) in [5, 5.41) is 12.3. The third kappa shape index (κ3) is 2.54. The molecular weight excluding hydrogens is 238 g/mol. The number of anilines is 1. The zero-order valence-electron chi connectivity index (χ0n) is 11.2. The van der Waals surface area contributed by atoms with Crippen molar-refractivity contribution in [1.82, 2.24) is 14.9 Å². The molecule has 2 unspecified atom stereocenters. The van der Waals surface area contributed by atoms with Crippen LogP contribution in [0.1, 0.15) is 37.8 Å². The SMILES string of the molecule is CN1C2CCCC1CC(Nc1nccc(C#N)n1)C2. The summed E-state index contributed by atoms with van der Waals surface area (Å²) < 4.78 is 0. The second-order valence-electron chi connectivity index (χ2n) is 5.59. The van der Waals surface area contributed by atoms with Crippen molar-refractivity contribution in [2.45, 2.75) is 50.2 Å². The minimum atomic E-state index is 0.422. The minimum absolute atomic E-state index is 0.422. The summed E-state index contributed by atoms with van der Waals surface area (Å²) in [6.07, 6.45) is 7.88. The van der Waals surface area contributed by atoms with Gasteiger partial charge in [0.25, 0.3) is 0 Å². The molecule has 0 radical (unpaired) electrons. The predicted molar refractivity (Wildman–Crippen MR) is 72.6 cm³/mol. The maximum atomic E-state index is 8.86. The van der Waals surface area contributed by atoms with Crippen LogP contribution >= 0.6 is 0 Å². The summed E-state index contributed by atoms with van der Waals surface area (Å²) in [5.74, 6) is 0.590. The normalized spacial score (nSPS) is 30.6. The first-order chi connectivity index (χ1) is 9.26. The van der Waals surface area contributed by atoms with Gasteiger partial charge in [-0.05, 0) is 38.8 Å². The highest BCUT2D eigenvalue weighted by Gasteiger charge is 2.36. The van der Waals surface area contributed by atoms with Crippen molar-refractivity contribution >= 4 is 5.95 Å². The third-order valence-corrected chi connectivity index (χ3v) is 4.44. The molecule has 5 nitrogen and oxygen atoms in total. The van der Waals surface area contributed by atoms with Crippen LogP contribution in [0.5, 0.6) is 0 Å². The van der Waals surface area contributed by atoms with Crippen LogP contribution in [0.25, 0.3) is 0 Å². The van der Waals surface area contributed by atoms with Gasteiger partial charge in [0, 0.05) is 24.3 Å². The Morgan fingerprint density at radius 1 is 1.37 bits per heavy atom. The van der Waals surface area contributed by atoms with Gasteiger partial charge in [-0.25, -0.2) is 9.97 Å². The van der Waals surface area contributed by atoms with Gasteiger partial charge < -0.3 is 10.2 Å². The van der Waals surface area contributed by atoms with E-state index in [0.717, 1.165) is 12.8 Å². The zero-order valence-corrected chi connectivity index (χ0v) is 11.2. The number of nitrogens with one attached hydrogen (secondary N) is 1. The van der Waals surface area contributed by atoms with Crippen molar-refractivity contribution < 1.29 is 0 Å². The minimum Gasteiger partial charge on any atom is -0.351 e. The van der Waals surface area contributed by atoms with Gasteiger partial charge in [0.15, 0.2) is 0 Å². The quantitative estimate of drug-likeness (QED) is 0.874. The largest absolute Gasteiger partial charge is 0.351 e. The molecule has 1 aromatic rings. The van der Waals surface area contributed by atoms with Crippen LogP contribution in [-0.2, 0) is 0 Å². The van der Waals surface area contributed by atoms with Crippen LogP contribution in [0, 0.1) is 11.3 Å². The molecule has 1 aromatic heterocycles. The van der Waals surface area contributed by atoms with E-state index in [-0.39, 0.29) is 0 Å². The van der Waals surface area contributed by atoms with Gasteiger partial charge in [-0.3, -0.25) is 0 Å². The van der Waals surface area contributed by atoms with E-state index >= 15 is 0 Å². The smallest absolute Gasteiger partial charge is 0.224 e. The third-order valence-electron chi connectivity index (χ3n) is 4.44. The van der Waals surface area contributed by atoms with Crippen molar-refractivity contribution in [2.75, 3.05) is 12.4 Å². The van der Waals surface area contributed by atoms with Gasteiger partial charge in [-0.1, -0.05) is 6.42 Å². The van der Waals surface area contributed by atoms with Gasteiger partial charge in [-0.15, -0.1) is 0 Å². The Balaban J connectivity index is 1.69. The number of hydrogen-bond acceptors (Lipinski definition) is 5. The fraction of sp³-hybridized carbons (Fsp3) is 0.643. The molecular formula is C14H19N5. The molecule has 2 aliphatic rings. The second kappa shape index (κ2) is 5.14. The number of nitrogens with zero attached hydrogens (tertiary/aromatic N) is 4. The second-order valence-corrected chi connectivity index (χ2v) is 5.59. The van der Waals surface area contributed by atoms with E-state index in [1.54, 1.807) is 12.3 Å². The van der Waals surface area contributed by atoms with Crippen LogP contribution in [-0.4, -0.2) is 40.0 Å². The van der Waals surface area contributed by atoms with Crippen LogP contribution in [0.2, 0.25) is 0 Å². The molecule has 2 atom stereocenters. The molecule has 0 saturated carbocycles. The van der Waals surface area contributed by atoms with E-state index in [1.165, 1.54) is 19.3 Å². The maximum absolute atomic E-state index is 8.86. The molecule has 2 saturated heterocycles. The number of aromatic nitrogens is 2. The highest BCUT2D eigenvalue weighted by molar-refractivity contribution is 5.31. The topological polar surface area (TPSA) is 64.8 Å². The predicted octanol–water partition coefficient (Wildman–Crippen LogP) is 1.78. The Hall–Kier alpha value is -1.67. The van der Waals surface area contributed by atoms with E-state index in [0.29, 0.717) is 29.8 Å². The molecule has 3 heterocycles. The van der Waals surface area contributed by atoms with Crippen molar-refractivity contribution in [3.63, 3.8) is 0 Å². The van der Waals surface area contributed by atoms with E-state index < -0.39 is 0 Å². The van der Waals surface area contributed by atoms with Gasteiger partial charge in [0.1, 0.15) is 11.8 Å². The number of piperidine rings is 2. The van der Waals surface area contributed by atoms with Gasteiger partial charge in [0.2, 0.25) is 5.95 Å². The first-order valence-electron chi connectivity index (χ1n) is 6.98. The molecule has 0 spiro atoms. The Morgan fingerprint density at radius 2 is 2.11 bits per heavy atom. The van der Waals surface area contributed by atoms with E-state index in [1.807, 2.05) is 0 Å². The Labute approximate surface area is 113 Å². The van der Waals surface area contributed by atoms with Crippen molar-refractivity contribution in [3.05, 3.63) is 18.0 Å². The standard InChI is InChI=1S/C14H19N5/c1-19-12-3-2-4-13(19)8-11(7-12)18-14-16-6-5-10(9-15)17-14/h5-6,11-13H,2-4,7-8H2,1H3,(H,16,17,18). The summed E-state index contributed by atoms with van der Waals surface area (Å²) in [6, 6.07) is 5.49. The van der Waals surface area contributed by atoms with Crippen LogP contribution in [0.4, 0.5) is 5.95 Å². The lowest BCUT2D eigenvalue weighted by molar-refractivity contribution is 0.0607. The van der Waals surface area contributed by atoms with E-state index in [4.69, 9.17) is 5.26 Å². The van der Waals surface area contributed by atoms with E-state index in [2.05, 4.69) is 33.3 Å². The summed E-state index contributed by atoms with van der Waals surface area (Å²) in [5.41, 5.74) is 0.422. The van der Waals surface area contributed by atoms with Crippen molar-refractivity contribution in [2.24, 2.45) is 0 Å². The molecule has 5 heteroatoms. The molecule has 2 aliphatic heterocycles. The molecule has 0 aromatic carbocycles. The van der Waals surface area contributed by atoms with Crippen LogP contribution in [0.3, 0.4) is 0 Å². The van der Waals surface area contributed by atoms with Crippen molar-refractivity contribution in [3.8, 4) is 6.07 Å². The molecule has 100 valence electrons. The Bertz CT molecular complexity index is 481. The Kier molecular flexibility index (Phi) is 3.34. The average molecular weight is 257 g/mol. The fourth-order valence-electron chi connectivity index (χ4n) is 3.41. The van der Waals surface area contributed by atoms with Gasteiger partial charge in [-0.2, -0.15) is 5.26 Å². The van der Waals surface area contributed by atoms with Gasteiger partial charge in [0.05, 0.1) is 0 Å². The lowest BCUT2D eigenvalue weighted by Crippen LogP contribution is -2.52. The zero-order chi connectivity index (χ0) is 13.2. The van der Waals surface area contributed by atoms with Crippen LogP contribution in [0.15, 0.2) is 12.3 Å². The van der Waals surface area contributed by atoms with E-state index in [9.17, 15) is 0 Å². The summed E-state index contributed by atoms with van der Waals surface area (Å²) in [6.45, 7) is 0. The van der Waals surface area contributed by atoms with Gasteiger partial charge >= 0.3 is 0 Å². The highest BCUT2D eigenvalue weighted by atomic mass is 15.2. The summed E-state index contributed by atoms with van der Waals surface area (Å²) in [4.78, 5) is 10.9. The highest BCUT2D eigenvalue weighted by Crippen LogP contribution is 2.33.